The van der Waals surface area contributed by atoms with Crippen molar-refractivity contribution in [2.45, 2.75) is 71.1 Å². The molecule has 0 aliphatic rings. The van der Waals surface area contributed by atoms with Gasteiger partial charge in [0.05, 0.1) is 0 Å². The standard InChI is InChI=1S/C12H24NO/c1-2-3-4-5-6-7-8-9-10-11-12-13-14/h12H,2-11H2,1H3/q+1. The summed E-state index contributed by atoms with van der Waals surface area (Å²) < 4.78 is 0. The van der Waals surface area contributed by atoms with Crippen LogP contribution in [0, 0.1) is 4.91 Å². The zero-order valence-corrected chi connectivity index (χ0v) is 9.50. The molecule has 0 aliphatic carbocycles. The number of nitrogens with zero attached hydrogens (tertiary/aromatic N) is 1. The molecule has 0 aromatic rings. The highest BCUT2D eigenvalue weighted by Gasteiger charge is 1.93. The molecule has 0 saturated carbocycles. The Hall–Kier alpha value is -0.620. The lowest BCUT2D eigenvalue weighted by Crippen LogP contribution is -1.82. The molecular weight excluding hydrogens is 174 g/mol. The molecule has 0 aromatic carbocycles. The van der Waals surface area contributed by atoms with E-state index in [9.17, 15) is 4.91 Å². The summed E-state index contributed by atoms with van der Waals surface area (Å²) >= 11 is 0. The first kappa shape index (κ1) is 13.4. The minimum atomic E-state index is 0.860. The van der Waals surface area contributed by atoms with Crippen molar-refractivity contribution in [2.75, 3.05) is 0 Å². The van der Waals surface area contributed by atoms with E-state index in [4.69, 9.17) is 0 Å². The minimum absolute atomic E-state index is 0.860. The topological polar surface area (TPSA) is 31.2 Å². The third-order valence-electron chi connectivity index (χ3n) is 2.51. The van der Waals surface area contributed by atoms with Gasteiger partial charge in [-0.3, -0.25) is 0 Å². The van der Waals surface area contributed by atoms with Crippen LogP contribution in [-0.2, 0) is 0 Å². The van der Waals surface area contributed by atoms with Gasteiger partial charge in [0, 0.05) is 6.42 Å². The smallest absolute Gasteiger partial charge is 0.0654 e. The SMILES string of the molecule is CCCCCCCCCCCC=[N+]=O. The van der Waals surface area contributed by atoms with E-state index in [2.05, 4.69) is 11.8 Å². The summed E-state index contributed by atoms with van der Waals surface area (Å²) in [5.74, 6) is 0. The molecule has 0 fully saturated rings. The van der Waals surface area contributed by atoms with Crippen LogP contribution in [0.5, 0.6) is 0 Å². The van der Waals surface area contributed by atoms with E-state index in [0.717, 1.165) is 12.8 Å². The highest BCUT2D eigenvalue weighted by Crippen LogP contribution is 2.09. The Labute approximate surface area is 87.8 Å². The number of hydrogen-bond donors (Lipinski definition) is 0. The molecule has 0 heterocycles. The van der Waals surface area contributed by atoms with Gasteiger partial charge < -0.3 is 0 Å². The van der Waals surface area contributed by atoms with Crippen LogP contribution < -0.4 is 4.85 Å². The zero-order chi connectivity index (χ0) is 10.5. The largest absolute Gasteiger partial charge is 0.338 e. The molecule has 0 N–H and O–H groups in total. The van der Waals surface area contributed by atoms with Gasteiger partial charge in [-0.2, -0.15) is 0 Å². The Morgan fingerprint density at radius 1 is 0.857 bits per heavy atom. The van der Waals surface area contributed by atoms with Crippen LogP contribution >= 0.6 is 0 Å². The van der Waals surface area contributed by atoms with E-state index in [-0.39, 0.29) is 0 Å². The lowest BCUT2D eigenvalue weighted by atomic mass is 10.1. The first-order valence-electron chi connectivity index (χ1n) is 6.06. The molecule has 0 spiro atoms. The average Bonchev–Trinajstić information content (AvgIpc) is 2.21. The molecule has 0 rings (SSSR count). The highest BCUT2D eigenvalue weighted by atomic mass is 16.2. The predicted octanol–water partition coefficient (Wildman–Crippen LogP) is 3.81. The molecular formula is C12H24NO+. The van der Waals surface area contributed by atoms with Crippen LogP contribution in [0.2, 0.25) is 0 Å². The third-order valence-corrected chi connectivity index (χ3v) is 2.51. The van der Waals surface area contributed by atoms with Gasteiger partial charge in [0.25, 0.3) is 0 Å². The number of rotatable bonds is 10. The fourth-order valence-corrected chi connectivity index (χ4v) is 1.60. The summed E-state index contributed by atoms with van der Waals surface area (Å²) in [7, 11) is 0. The molecule has 0 saturated heterocycles. The maximum Gasteiger partial charge on any atom is 0.338 e. The molecule has 2 heteroatoms. The van der Waals surface area contributed by atoms with Crippen molar-refractivity contribution in [1.29, 1.82) is 0 Å². The van der Waals surface area contributed by atoms with Crippen LogP contribution in [0.15, 0.2) is 0 Å². The van der Waals surface area contributed by atoms with Gasteiger partial charge in [-0.15, -0.1) is 0 Å². The van der Waals surface area contributed by atoms with Crippen molar-refractivity contribution in [3.05, 3.63) is 4.91 Å². The molecule has 0 radical (unpaired) electrons. The van der Waals surface area contributed by atoms with Crippen LogP contribution in [0.4, 0.5) is 0 Å². The van der Waals surface area contributed by atoms with E-state index in [1.807, 2.05) is 0 Å². The molecule has 0 atom stereocenters. The Morgan fingerprint density at radius 2 is 1.36 bits per heavy atom. The van der Waals surface area contributed by atoms with E-state index in [1.165, 1.54) is 57.6 Å². The summed E-state index contributed by atoms with van der Waals surface area (Å²) in [5.41, 5.74) is 0. The van der Waals surface area contributed by atoms with Gasteiger partial charge >= 0.3 is 6.21 Å². The second-order valence-electron chi connectivity index (χ2n) is 3.91. The van der Waals surface area contributed by atoms with E-state index in [0.29, 0.717) is 0 Å². The van der Waals surface area contributed by atoms with Gasteiger partial charge in [0.1, 0.15) is 0 Å². The predicted molar refractivity (Wildman–Crippen MR) is 63.4 cm³/mol. The maximum absolute atomic E-state index is 9.73. The number of nitroso groups, excluding NO2 is 1. The van der Waals surface area contributed by atoms with Gasteiger partial charge in [-0.1, -0.05) is 58.3 Å². The summed E-state index contributed by atoms with van der Waals surface area (Å²) in [6.07, 6.45) is 14.3. The Balaban J connectivity index is 2.88. The zero-order valence-electron chi connectivity index (χ0n) is 9.50. The fraction of sp³-hybridized carbons (Fsp3) is 0.917. The van der Waals surface area contributed by atoms with Gasteiger partial charge in [0.15, 0.2) is 4.91 Å². The minimum Gasteiger partial charge on any atom is -0.0654 e. The maximum atomic E-state index is 9.73. The summed E-state index contributed by atoms with van der Waals surface area (Å²) in [4.78, 5) is 12.5. The normalized spacial score (nSPS) is 9.79. The van der Waals surface area contributed by atoms with Crippen molar-refractivity contribution in [3.8, 4) is 0 Å². The second kappa shape index (κ2) is 12.4. The molecule has 0 unspecified atom stereocenters. The fourth-order valence-electron chi connectivity index (χ4n) is 1.60. The molecule has 14 heavy (non-hydrogen) atoms. The Morgan fingerprint density at radius 3 is 1.86 bits per heavy atom. The average molecular weight is 198 g/mol. The van der Waals surface area contributed by atoms with E-state index in [1.54, 1.807) is 0 Å². The number of unbranched alkanes of at least 4 members (excludes halogenated alkanes) is 9. The van der Waals surface area contributed by atoms with Crippen molar-refractivity contribution < 1.29 is 0 Å². The second-order valence-corrected chi connectivity index (χ2v) is 3.91. The first-order valence-corrected chi connectivity index (χ1v) is 6.06. The van der Waals surface area contributed by atoms with Crippen LogP contribution in [0.25, 0.3) is 0 Å². The van der Waals surface area contributed by atoms with Crippen LogP contribution in [-0.4, -0.2) is 6.21 Å². The summed E-state index contributed by atoms with van der Waals surface area (Å²) in [5, 5.41) is 0. The van der Waals surface area contributed by atoms with Crippen molar-refractivity contribution in [3.63, 3.8) is 0 Å². The Bertz CT molecular complexity index is 150. The summed E-state index contributed by atoms with van der Waals surface area (Å²) in [6, 6.07) is 0. The summed E-state index contributed by atoms with van der Waals surface area (Å²) in [6.45, 7) is 2.25. The third kappa shape index (κ3) is 11.4. The highest BCUT2D eigenvalue weighted by molar-refractivity contribution is 5.54. The lowest BCUT2D eigenvalue weighted by molar-refractivity contribution is 0.569. The van der Waals surface area contributed by atoms with Crippen LogP contribution in [0.1, 0.15) is 71.1 Å². The van der Waals surface area contributed by atoms with E-state index < -0.39 is 0 Å². The van der Waals surface area contributed by atoms with Crippen molar-refractivity contribution in [2.24, 2.45) is 0 Å². The monoisotopic (exact) mass is 198 g/mol. The Kier molecular flexibility index (Phi) is 11.8. The van der Waals surface area contributed by atoms with Gasteiger partial charge in [0.2, 0.25) is 4.85 Å². The lowest BCUT2D eigenvalue weighted by Gasteiger charge is -1.99. The van der Waals surface area contributed by atoms with Crippen molar-refractivity contribution in [1.82, 2.24) is 4.85 Å². The molecule has 0 amide bonds. The van der Waals surface area contributed by atoms with Crippen molar-refractivity contribution >= 4 is 6.21 Å². The molecule has 2 nitrogen and oxygen atoms in total. The molecule has 0 bridgehead atoms. The number of hydrogen-bond acceptors (Lipinski definition) is 1. The van der Waals surface area contributed by atoms with Gasteiger partial charge in [-0.25, -0.2) is 0 Å². The quantitative estimate of drug-likeness (QED) is 0.298. The molecule has 82 valence electrons. The van der Waals surface area contributed by atoms with E-state index >= 15 is 0 Å². The van der Waals surface area contributed by atoms with Gasteiger partial charge in [-0.05, 0) is 6.42 Å². The molecule has 0 aromatic heterocycles. The van der Waals surface area contributed by atoms with Crippen LogP contribution in [0.3, 0.4) is 0 Å². The molecule has 0 aliphatic heterocycles. The first-order chi connectivity index (χ1) is 6.91.